The normalized spacial score (nSPS) is 12.5. The van der Waals surface area contributed by atoms with Crippen LogP contribution in [0, 0.1) is 32.4 Å². The van der Waals surface area contributed by atoms with Crippen LogP contribution in [0.15, 0.2) is 30.3 Å². The monoisotopic (exact) mass is 290 g/mol. The van der Waals surface area contributed by atoms with Gasteiger partial charge in [0.05, 0.1) is 6.04 Å². The molecule has 0 spiro atoms. The molecule has 0 fully saturated rings. The number of hydrogen-bond donors (Lipinski definition) is 2. The summed E-state index contributed by atoms with van der Waals surface area (Å²) in [5.41, 5.74) is 6.17. The van der Waals surface area contributed by atoms with E-state index in [-0.39, 0.29) is 5.56 Å². The van der Waals surface area contributed by atoms with E-state index in [1.807, 2.05) is 26.0 Å². The highest BCUT2D eigenvalue weighted by Gasteiger charge is 2.21. The maximum atomic E-state index is 14.2. The Morgan fingerprint density at radius 3 is 2.24 bits per heavy atom. The summed E-state index contributed by atoms with van der Waals surface area (Å²) in [5, 5.41) is 0. The molecule has 2 aromatic carbocycles. The molecule has 21 heavy (non-hydrogen) atoms. The number of benzene rings is 2. The summed E-state index contributed by atoms with van der Waals surface area (Å²) >= 11 is 0. The predicted octanol–water partition coefficient (Wildman–Crippen LogP) is 3.64. The van der Waals surface area contributed by atoms with Crippen molar-refractivity contribution in [3.8, 4) is 0 Å². The molecule has 2 aromatic rings. The van der Waals surface area contributed by atoms with E-state index in [1.54, 1.807) is 6.92 Å². The van der Waals surface area contributed by atoms with Crippen LogP contribution in [0.3, 0.4) is 0 Å². The Morgan fingerprint density at radius 1 is 1.05 bits per heavy atom. The number of halogens is 2. The van der Waals surface area contributed by atoms with E-state index in [0.29, 0.717) is 12.0 Å². The van der Waals surface area contributed by atoms with Crippen LogP contribution in [0.25, 0.3) is 0 Å². The number of aryl methyl sites for hydroxylation is 3. The molecule has 0 bridgehead atoms. The van der Waals surface area contributed by atoms with Crippen LogP contribution < -0.4 is 11.3 Å². The lowest BCUT2D eigenvalue weighted by molar-refractivity contribution is 0.470. The smallest absolute Gasteiger partial charge is 0.133 e. The second kappa shape index (κ2) is 6.33. The molecule has 0 radical (unpaired) electrons. The van der Waals surface area contributed by atoms with E-state index in [4.69, 9.17) is 5.84 Å². The minimum Gasteiger partial charge on any atom is -0.271 e. The number of nitrogens with two attached hydrogens (primary N) is 1. The number of rotatable bonds is 4. The van der Waals surface area contributed by atoms with Gasteiger partial charge in [0.15, 0.2) is 0 Å². The summed E-state index contributed by atoms with van der Waals surface area (Å²) in [6, 6.07) is 8.16. The van der Waals surface area contributed by atoms with Gasteiger partial charge in [-0.2, -0.15) is 0 Å². The van der Waals surface area contributed by atoms with Gasteiger partial charge in [0.1, 0.15) is 11.6 Å². The van der Waals surface area contributed by atoms with Crippen molar-refractivity contribution in [3.05, 3.63) is 69.8 Å². The van der Waals surface area contributed by atoms with Gasteiger partial charge in [-0.3, -0.25) is 11.3 Å². The molecule has 0 aliphatic carbocycles. The van der Waals surface area contributed by atoms with E-state index in [0.717, 1.165) is 16.7 Å². The number of hydrogen-bond acceptors (Lipinski definition) is 2. The second-order valence-electron chi connectivity index (χ2n) is 5.51. The molecule has 2 rings (SSSR count). The van der Waals surface area contributed by atoms with Gasteiger partial charge < -0.3 is 0 Å². The molecule has 0 aliphatic heterocycles. The molecule has 1 unspecified atom stereocenters. The van der Waals surface area contributed by atoms with Gasteiger partial charge in [-0.25, -0.2) is 8.78 Å². The lowest BCUT2D eigenvalue weighted by Gasteiger charge is -2.19. The van der Waals surface area contributed by atoms with Crippen LogP contribution in [0.4, 0.5) is 8.78 Å². The molecule has 112 valence electrons. The van der Waals surface area contributed by atoms with E-state index in [2.05, 4.69) is 11.5 Å². The highest BCUT2D eigenvalue weighted by Crippen LogP contribution is 2.26. The zero-order valence-corrected chi connectivity index (χ0v) is 12.5. The molecular formula is C17H20F2N2. The lowest BCUT2D eigenvalue weighted by Crippen LogP contribution is -2.31. The fourth-order valence-corrected chi connectivity index (χ4v) is 2.66. The Bertz CT molecular complexity index is 633. The first-order chi connectivity index (χ1) is 9.92. The molecule has 4 heteroatoms. The Morgan fingerprint density at radius 2 is 1.67 bits per heavy atom. The maximum absolute atomic E-state index is 14.2. The van der Waals surface area contributed by atoms with Gasteiger partial charge in [0.25, 0.3) is 0 Å². The topological polar surface area (TPSA) is 38.0 Å². The van der Waals surface area contributed by atoms with Gasteiger partial charge in [-0.1, -0.05) is 35.4 Å². The summed E-state index contributed by atoms with van der Waals surface area (Å²) in [7, 11) is 0. The highest BCUT2D eigenvalue weighted by molar-refractivity contribution is 5.33. The van der Waals surface area contributed by atoms with Crippen molar-refractivity contribution in [2.45, 2.75) is 33.2 Å². The summed E-state index contributed by atoms with van der Waals surface area (Å²) in [4.78, 5) is 0. The van der Waals surface area contributed by atoms with Gasteiger partial charge >= 0.3 is 0 Å². The van der Waals surface area contributed by atoms with E-state index in [1.165, 1.54) is 12.1 Å². The number of nitrogens with one attached hydrogen (secondary N) is 1. The SMILES string of the molecule is Cc1cc(C)cc(CC(NN)c2c(F)ccc(C)c2F)c1. The van der Waals surface area contributed by atoms with E-state index >= 15 is 0 Å². The van der Waals surface area contributed by atoms with Crippen LogP contribution in [-0.4, -0.2) is 0 Å². The third-order valence-electron chi connectivity index (χ3n) is 3.59. The van der Waals surface area contributed by atoms with E-state index < -0.39 is 17.7 Å². The molecule has 0 saturated heterocycles. The largest absolute Gasteiger partial charge is 0.271 e. The van der Waals surface area contributed by atoms with Gasteiger partial charge in [-0.05, 0) is 44.4 Å². The quantitative estimate of drug-likeness (QED) is 0.666. The van der Waals surface area contributed by atoms with Crippen LogP contribution in [0.2, 0.25) is 0 Å². The highest BCUT2D eigenvalue weighted by atomic mass is 19.1. The zero-order valence-electron chi connectivity index (χ0n) is 12.5. The Kier molecular flexibility index (Phi) is 4.70. The molecule has 0 saturated carbocycles. The summed E-state index contributed by atoms with van der Waals surface area (Å²) in [6.45, 7) is 5.60. The van der Waals surface area contributed by atoms with Crippen LogP contribution in [-0.2, 0) is 6.42 Å². The van der Waals surface area contributed by atoms with Crippen molar-refractivity contribution in [3.63, 3.8) is 0 Å². The van der Waals surface area contributed by atoms with Crippen LogP contribution in [0.5, 0.6) is 0 Å². The standard InChI is InChI=1S/C17H20F2N2/c1-10-6-11(2)8-13(7-10)9-15(21-20)16-14(18)5-4-12(3)17(16)19/h4-8,15,21H,9,20H2,1-3H3. The molecule has 0 amide bonds. The van der Waals surface area contributed by atoms with Crippen LogP contribution in [0.1, 0.15) is 33.9 Å². The first-order valence-corrected chi connectivity index (χ1v) is 6.90. The van der Waals surface area contributed by atoms with Gasteiger partial charge in [0.2, 0.25) is 0 Å². The van der Waals surface area contributed by atoms with Crippen molar-refractivity contribution >= 4 is 0 Å². The average molecular weight is 290 g/mol. The third-order valence-corrected chi connectivity index (χ3v) is 3.59. The van der Waals surface area contributed by atoms with Crippen LogP contribution >= 0.6 is 0 Å². The molecule has 2 nitrogen and oxygen atoms in total. The molecular weight excluding hydrogens is 270 g/mol. The minimum absolute atomic E-state index is 0.00309. The Labute approximate surface area is 124 Å². The lowest BCUT2D eigenvalue weighted by atomic mass is 9.95. The fraction of sp³-hybridized carbons (Fsp3) is 0.294. The maximum Gasteiger partial charge on any atom is 0.133 e. The summed E-state index contributed by atoms with van der Waals surface area (Å²) in [6.07, 6.45) is 0.427. The van der Waals surface area contributed by atoms with Crippen molar-refractivity contribution < 1.29 is 8.78 Å². The number of hydrazine groups is 1. The second-order valence-corrected chi connectivity index (χ2v) is 5.51. The zero-order chi connectivity index (χ0) is 15.6. The average Bonchev–Trinajstić information content (AvgIpc) is 2.41. The van der Waals surface area contributed by atoms with Crippen molar-refractivity contribution in [2.75, 3.05) is 0 Å². The fourth-order valence-electron chi connectivity index (χ4n) is 2.66. The van der Waals surface area contributed by atoms with Crippen molar-refractivity contribution in [1.82, 2.24) is 5.43 Å². The first-order valence-electron chi connectivity index (χ1n) is 6.90. The third kappa shape index (κ3) is 3.46. The molecule has 3 N–H and O–H groups in total. The summed E-state index contributed by atoms with van der Waals surface area (Å²) in [5.74, 6) is 4.42. The molecule has 0 heterocycles. The Hall–Kier alpha value is -1.78. The van der Waals surface area contributed by atoms with E-state index in [9.17, 15) is 8.78 Å². The molecule has 0 aromatic heterocycles. The first kappa shape index (κ1) is 15.6. The molecule has 0 aliphatic rings. The Balaban J connectivity index is 2.39. The predicted molar refractivity (Wildman–Crippen MR) is 80.8 cm³/mol. The van der Waals surface area contributed by atoms with Gasteiger partial charge in [0, 0.05) is 5.56 Å². The minimum atomic E-state index is -0.605. The van der Waals surface area contributed by atoms with Gasteiger partial charge in [-0.15, -0.1) is 0 Å². The van der Waals surface area contributed by atoms with Crippen molar-refractivity contribution in [1.29, 1.82) is 0 Å². The molecule has 1 atom stereocenters. The van der Waals surface area contributed by atoms with Crippen molar-refractivity contribution in [2.24, 2.45) is 5.84 Å². The summed E-state index contributed by atoms with van der Waals surface area (Å²) < 4.78 is 28.2.